The van der Waals surface area contributed by atoms with Crippen molar-refractivity contribution in [3.05, 3.63) is 47.8 Å². The third-order valence-corrected chi connectivity index (χ3v) is 3.04. The summed E-state index contributed by atoms with van der Waals surface area (Å²) in [6.45, 7) is 6.31. The Balaban J connectivity index is 2.36. The zero-order valence-electron chi connectivity index (χ0n) is 10.6. The van der Waals surface area contributed by atoms with Gasteiger partial charge >= 0.3 is 0 Å². The molecule has 1 aromatic carbocycles. The first kappa shape index (κ1) is 11.6. The van der Waals surface area contributed by atoms with Crippen LogP contribution in [0.1, 0.15) is 31.0 Å². The summed E-state index contributed by atoms with van der Waals surface area (Å²) in [7, 11) is 0. The number of nitrogens with two attached hydrogens (primary N) is 1. The Labute approximate surface area is 103 Å². The van der Waals surface area contributed by atoms with Gasteiger partial charge < -0.3 is 5.73 Å². The first-order chi connectivity index (χ1) is 8.08. The van der Waals surface area contributed by atoms with Crippen LogP contribution in [-0.4, -0.2) is 4.98 Å². The van der Waals surface area contributed by atoms with Gasteiger partial charge in [-0.3, -0.25) is 4.98 Å². The summed E-state index contributed by atoms with van der Waals surface area (Å²) in [5, 5.41) is 0. The van der Waals surface area contributed by atoms with E-state index in [-0.39, 0.29) is 0 Å². The van der Waals surface area contributed by atoms with E-state index < -0.39 is 0 Å². The monoisotopic (exact) mass is 226 g/mol. The molecule has 2 heteroatoms. The molecule has 0 saturated carbocycles. The molecule has 0 radical (unpaired) electrons. The second-order valence-electron chi connectivity index (χ2n) is 4.68. The van der Waals surface area contributed by atoms with Crippen LogP contribution >= 0.6 is 0 Å². The lowest BCUT2D eigenvalue weighted by molar-refractivity contribution is 0.867. The van der Waals surface area contributed by atoms with E-state index in [2.05, 4.69) is 43.1 Å². The zero-order chi connectivity index (χ0) is 12.4. The topological polar surface area (TPSA) is 38.9 Å². The average molecular weight is 226 g/mol. The fourth-order valence-corrected chi connectivity index (χ4v) is 1.77. The Morgan fingerprint density at radius 1 is 1.06 bits per heavy atom. The summed E-state index contributed by atoms with van der Waals surface area (Å²) in [5.41, 5.74) is 11.1. The van der Waals surface area contributed by atoms with Crippen molar-refractivity contribution in [2.75, 3.05) is 5.73 Å². The van der Waals surface area contributed by atoms with Crippen molar-refractivity contribution >= 4 is 5.69 Å². The van der Waals surface area contributed by atoms with Crippen LogP contribution in [0, 0.1) is 6.92 Å². The second kappa shape index (κ2) is 4.58. The summed E-state index contributed by atoms with van der Waals surface area (Å²) < 4.78 is 0. The Bertz CT molecular complexity index is 513. The zero-order valence-corrected chi connectivity index (χ0v) is 10.6. The molecule has 17 heavy (non-hydrogen) atoms. The highest BCUT2D eigenvalue weighted by atomic mass is 14.7. The molecule has 0 unspecified atom stereocenters. The number of hydrogen-bond donors (Lipinski definition) is 1. The predicted octanol–water partition coefficient (Wildman–Crippen LogP) is 3.76. The van der Waals surface area contributed by atoms with E-state index in [9.17, 15) is 0 Å². The highest BCUT2D eigenvalue weighted by Gasteiger charge is 2.03. The Hall–Kier alpha value is -1.83. The molecule has 2 aromatic rings. The van der Waals surface area contributed by atoms with Gasteiger partial charge in [0.2, 0.25) is 0 Å². The maximum atomic E-state index is 5.87. The molecule has 2 rings (SSSR count). The summed E-state index contributed by atoms with van der Waals surface area (Å²) in [5.74, 6) is 0.560. The van der Waals surface area contributed by atoms with Gasteiger partial charge in [-0.05, 0) is 30.0 Å². The Kier molecular flexibility index (Phi) is 3.14. The van der Waals surface area contributed by atoms with Gasteiger partial charge in [-0.25, -0.2) is 0 Å². The van der Waals surface area contributed by atoms with Crippen molar-refractivity contribution in [3.8, 4) is 11.1 Å². The quantitative estimate of drug-likeness (QED) is 0.846. The van der Waals surface area contributed by atoms with Crippen LogP contribution in [0.2, 0.25) is 0 Å². The van der Waals surface area contributed by atoms with Gasteiger partial charge in [-0.2, -0.15) is 0 Å². The number of benzene rings is 1. The normalized spacial score (nSPS) is 10.8. The van der Waals surface area contributed by atoms with Gasteiger partial charge in [0, 0.05) is 11.8 Å². The van der Waals surface area contributed by atoms with E-state index >= 15 is 0 Å². The SMILES string of the molecule is Cc1ncc(-c2ccc(C(C)C)cc2)cc1N. The van der Waals surface area contributed by atoms with Crippen molar-refractivity contribution in [1.82, 2.24) is 4.98 Å². The molecule has 0 aliphatic rings. The molecule has 2 N–H and O–H groups in total. The van der Waals surface area contributed by atoms with E-state index in [1.165, 1.54) is 5.56 Å². The number of aryl methyl sites for hydroxylation is 1. The highest BCUT2D eigenvalue weighted by molar-refractivity contribution is 5.67. The molecule has 0 aliphatic heterocycles. The minimum absolute atomic E-state index is 0.560. The van der Waals surface area contributed by atoms with Crippen molar-refractivity contribution < 1.29 is 0 Å². The van der Waals surface area contributed by atoms with Crippen molar-refractivity contribution in [3.63, 3.8) is 0 Å². The standard InChI is InChI=1S/C15H18N2/c1-10(2)12-4-6-13(7-5-12)14-8-15(16)11(3)17-9-14/h4-10H,16H2,1-3H3. The minimum atomic E-state index is 0.560. The molecule has 2 nitrogen and oxygen atoms in total. The number of nitrogens with zero attached hydrogens (tertiary/aromatic N) is 1. The van der Waals surface area contributed by atoms with E-state index in [1.807, 2.05) is 19.2 Å². The third kappa shape index (κ3) is 2.47. The van der Waals surface area contributed by atoms with Crippen LogP contribution in [0.5, 0.6) is 0 Å². The van der Waals surface area contributed by atoms with E-state index in [1.54, 1.807) is 0 Å². The van der Waals surface area contributed by atoms with Gasteiger partial charge in [0.15, 0.2) is 0 Å². The van der Waals surface area contributed by atoms with Crippen LogP contribution in [-0.2, 0) is 0 Å². The lowest BCUT2D eigenvalue weighted by Gasteiger charge is -2.08. The predicted molar refractivity (Wildman–Crippen MR) is 72.9 cm³/mol. The van der Waals surface area contributed by atoms with Crippen molar-refractivity contribution in [1.29, 1.82) is 0 Å². The summed E-state index contributed by atoms with van der Waals surface area (Å²) in [6.07, 6.45) is 1.87. The molecule has 0 spiro atoms. The van der Waals surface area contributed by atoms with E-state index in [4.69, 9.17) is 5.73 Å². The molecule has 0 amide bonds. The van der Waals surface area contributed by atoms with Gasteiger partial charge in [-0.1, -0.05) is 38.1 Å². The maximum absolute atomic E-state index is 5.87. The lowest BCUT2D eigenvalue weighted by atomic mass is 9.99. The summed E-state index contributed by atoms with van der Waals surface area (Å²) in [4.78, 5) is 4.29. The largest absolute Gasteiger partial charge is 0.397 e. The molecule has 1 aromatic heterocycles. The molecule has 0 atom stereocenters. The van der Waals surface area contributed by atoms with Gasteiger partial charge in [-0.15, -0.1) is 0 Å². The Morgan fingerprint density at radius 3 is 2.24 bits per heavy atom. The second-order valence-corrected chi connectivity index (χ2v) is 4.68. The molecular formula is C15H18N2. The fraction of sp³-hybridized carbons (Fsp3) is 0.267. The van der Waals surface area contributed by atoms with Crippen molar-refractivity contribution in [2.24, 2.45) is 0 Å². The van der Waals surface area contributed by atoms with Gasteiger partial charge in [0.05, 0.1) is 11.4 Å². The number of hydrogen-bond acceptors (Lipinski definition) is 2. The fourth-order valence-electron chi connectivity index (χ4n) is 1.77. The number of nitrogen functional groups attached to an aromatic ring is 1. The van der Waals surface area contributed by atoms with Crippen LogP contribution in [0.4, 0.5) is 5.69 Å². The summed E-state index contributed by atoms with van der Waals surface area (Å²) >= 11 is 0. The van der Waals surface area contributed by atoms with E-state index in [0.29, 0.717) is 5.92 Å². The van der Waals surface area contributed by atoms with Crippen LogP contribution in [0.15, 0.2) is 36.5 Å². The first-order valence-corrected chi connectivity index (χ1v) is 5.90. The number of aromatic nitrogens is 1. The van der Waals surface area contributed by atoms with Crippen molar-refractivity contribution in [2.45, 2.75) is 26.7 Å². The van der Waals surface area contributed by atoms with Crippen LogP contribution in [0.3, 0.4) is 0 Å². The molecule has 88 valence electrons. The minimum Gasteiger partial charge on any atom is -0.397 e. The third-order valence-electron chi connectivity index (χ3n) is 3.04. The summed E-state index contributed by atoms with van der Waals surface area (Å²) in [6, 6.07) is 10.6. The van der Waals surface area contributed by atoms with E-state index in [0.717, 1.165) is 22.5 Å². The lowest BCUT2D eigenvalue weighted by Crippen LogP contribution is -1.93. The van der Waals surface area contributed by atoms with Crippen LogP contribution in [0.25, 0.3) is 11.1 Å². The first-order valence-electron chi connectivity index (χ1n) is 5.90. The highest BCUT2D eigenvalue weighted by Crippen LogP contribution is 2.24. The smallest absolute Gasteiger partial charge is 0.0602 e. The molecular weight excluding hydrogens is 208 g/mol. The van der Waals surface area contributed by atoms with Gasteiger partial charge in [0.25, 0.3) is 0 Å². The number of anilines is 1. The van der Waals surface area contributed by atoms with Crippen LogP contribution < -0.4 is 5.73 Å². The Morgan fingerprint density at radius 2 is 1.71 bits per heavy atom. The number of rotatable bonds is 2. The molecule has 1 heterocycles. The van der Waals surface area contributed by atoms with Gasteiger partial charge in [0.1, 0.15) is 0 Å². The molecule has 0 fully saturated rings. The molecule has 0 saturated heterocycles. The number of pyridine rings is 1. The molecule has 0 aliphatic carbocycles. The average Bonchev–Trinajstić information content (AvgIpc) is 2.33. The molecule has 0 bridgehead atoms. The maximum Gasteiger partial charge on any atom is 0.0602 e.